The summed E-state index contributed by atoms with van der Waals surface area (Å²) in [7, 11) is 0. The first-order valence-electron chi connectivity index (χ1n) is 4.60. The molecule has 2 atom stereocenters. The molecule has 2 unspecified atom stereocenters. The minimum atomic E-state index is 0.391. The maximum absolute atomic E-state index is 5.71. The molecule has 0 aromatic carbocycles. The summed E-state index contributed by atoms with van der Waals surface area (Å²) in [5, 5.41) is 0. The van der Waals surface area contributed by atoms with E-state index in [0.29, 0.717) is 5.41 Å². The van der Waals surface area contributed by atoms with Crippen molar-refractivity contribution >= 4 is 0 Å². The van der Waals surface area contributed by atoms with Crippen molar-refractivity contribution in [2.75, 3.05) is 13.1 Å². The molecule has 0 bridgehead atoms. The number of hydrogen-bond acceptors (Lipinski definition) is 2. The van der Waals surface area contributed by atoms with Crippen molar-refractivity contribution in [2.45, 2.75) is 32.6 Å². The van der Waals surface area contributed by atoms with Crippen LogP contribution in [0.15, 0.2) is 0 Å². The Labute approximate surface area is 69.3 Å². The van der Waals surface area contributed by atoms with Crippen LogP contribution in [0.3, 0.4) is 0 Å². The smallest absolute Gasteiger partial charge is 0.00231 e. The van der Waals surface area contributed by atoms with Crippen LogP contribution in [0.4, 0.5) is 0 Å². The van der Waals surface area contributed by atoms with Gasteiger partial charge in [0, 0.05) is 0 Å². The van der Waals surface area contributed by atoms with E-state index in [0.717, 1.165) is 19.0 Å². The molecule has 1 fully saturated rings. The zero-order valence-corrected chi connectivity index (χ0v) is 7.47. The van der Waals surface area contributed by atoms with E-state index < -0.39 is 0 Å². The molecule has 1 aliphatic rings. The summed E-state index contributed by atoms with van der Waals surface area (Å²) >= 11 is 0. The maximum Gasteiger partial charge on any atom is -0.00231 e. The Morgan fingerprint density at radius 1 is 1.45 bits per heavy atom. The van der Waals surface area contributed by atoms with Crippen molar-refractivity contribution < 1.29 is 0 Å². The molecule has 4 N–H and O–H groups in total. The molecule has 66 valence electrons. The van der Waals surface area contributed by atoms with E-state index in [9.17, 15) is 0 Å². The zero-order chi connectivity index (χ0) is 8.32. The van der Waals surface area contributed by atoms with E-state index >= 15 is 0 Å². The minimum Gasteiger partial charge on any atom is -0.330 e. The van der Waals surface area contributed by atoms with Crippen LogP contribution >= 0.6 is 0 Å². The Hall–Kier alpha value is -0.0800. The Bertz CT molecular complexity index is 125. The lowest BCUT2D eigenvalue weighted by molar-refractivity contribution is 0.171. The molecule has 1 saturated carbocycles. The average Bonchev–Trinajstić information content (AvgIpc) is 2.05. The van der Waals surface area contributed by atoms with Crippen LogP contribution in [0, 0.1) is 11.3 Å². The highest BCUT2D eigenvalue weighted by Crippen LogP contribution is 2.37. The molecule has 0 aliphatic heterocycles. The fourth-order valence-corrected chi connectivity index (χ4v) is 2.11. The van der Waals surface area contributed by atoms with Crippen molar-refractivity contribution in [3.63, 3.8) is 0 Å². The molecule has 1 aliphatic carbocycles. The molecule has 0 aromatic heterocycles. The van der Waals surface area contributed by atoms with Gasteiger partial charge in [-0.15, -0.1) is 0 Å². The molecule has 1 rings (SSSR count). The normalized spacial score (nSPS) is 39.0. The second kappa shape index (κ2) is 3.55. The van der Waals surface area contributed by atoms with Crippen LogP contribution in [0.2, 0.25) is 0 Å². The maximum atomic E-state index is 5.71. The molecular formula is C9H20N2. The highest BCUT2D eigenvalue weighted by molar-refractivity contribution is 4.83. The Balaban J connectivity index is 2.44. The third-order valence-electron chi connectivity index (χ3n) is 3.00. The van der Waals surface area contributed by atoms with Crippen LogP contribution in [-0.4, -0.2) is 13.1 Å². The van der Waals surface area contributed by atoms with Gasteiger partial charge in [-0.3, -0.25) is 0 Å². The molecule has 0 heterocycles. The monoisotopic (exact) mass is 156 g/mol. The molecule has 0 amide bonds. The lowest BCUT2D eigenvalue weighted by Crippen LogP contribution is -2.35. The fourth-order valence-electron chi connectivity index (χ4n) is 2.11. The van der Waals surface area contributed by atoms with Gasteiger partial charge in [0.2, 0.25) is 0 Å². The third kappa shape index (κ3) is 2.17. The molecule has 0 radical (unpaired) electrons. The van der Waals surface area contributed by atoms with Gasteiger partial charge in [0.1, 0.15) is 0 Å². The van der Waals surface area contributed by atoms with Crippen LogP contribution in [0.5, 0.6) is 0 Å². The predicted molar refractivity (Wildman–Crippen MR) is 48.2 cm³/mol. The van der Waals surface area contributed by atoms with E-state index in [4.69, 9.17) is 11.5 Å². The summed E-state index contributed by atoms with van der Waals surface area (Å²) in [5.41, 5.74) is 11.7. The minimum absolute atomic E-state index is 0.391. The lowest BCUT2D eigenvalue weighted by Gasteiger charge is -2.36. The average molecular weight is 156 g/mol. The van der Waals surface area contributed by atoms with Gasteiger partial charge in [-0.1, -0.05) is 13.3 Å². The predicted octanol–water partition coefficient (Wildman–Crippen LogP) is 1.10. The van der Waals surface area contributed by atoms with E-state index in [2.05, 4.69) is 6.92 Å². The van der Waals surface area contributed by atoms with Gasteiger partial charge in [0.05, 0.1) is 0 Å². The SMILES string of the molecule is CC1(CN)CCCC(CN)C1. The van der Waals surface area contributed by atoms with Crippen molar-refractivity contribution in [3.8, 4) is 0 Å². The first kappa shape index (κ1) is 9.01. The standard InChI is InChI=1S/C9H20N2/c1-9(7-11)4-2-3-8(5-9)6-10/h8H,2-7,10-11H2,1H3. The van der Waals surface area contributed by atoms with Crippen LogP contribution < -0.4 is 11.5 Å². The van der Waals surface area contributed by atoms with Crippen molar-refractivity contribution in [3.05, 3.63) is 0 Å². The fraction of sp³-hybridized carbons (Fsp3) is 1.00. The molecule has 2 nitrogen and oxygen atoms in total. The van der Waals surface area contributed by atoms with Crippen molar-refractivity contribution in [1.82, 2.24) is 0 Å². The van der Waals surface area contributed by atoms with Crippen molar-refractivity contribution in [2.24, 2.45) is 22.8 Å². The second-order valence-corrected chi connectivity index (χ2v) is 4.21. The first-order chi connectivity index (χ1) is 5.20. The van der Waals surface area contributed by atoms with Gasteiger partial charge in [-0.05, 0) is 43.7 Å². The third-order valence-corrected chi connectivity index (χ3v) is 3.00. The summed E-state index contributed by atoms with van der Waals surface area (Å²) in [6.07, 6.45) is 5.15. The largest absolute Gasteiger partial charge is 0.330 e. The summed E-state index contributed by atoms with van der Waals surface area (Å²) in [5.74, 6) is 0.734. The molecule has 2 heteroatoms. The van der Waals surface area contributed by atoms with E-state index in [1.165, 1.54) is 25.7 Å². The van der Waals surface area contributed by atoms with E-state index in [-0.39, 0.29) is 0 Å². The molecular weight excluding hydrogens is 136 g/mol. The summed E-state index contributed by atoms with van der Waals surface area (Å²) in [6, 6.07) is 0. The van der Waals surface area contributed by atoms with Crippen LogP contribution in [0.25, 0.3) is 0 Å². The molecule has 0 spiro atoms. The van der Waals surface area contributed by atoms with E-state index in [1.54, 1.807) is 0 Å². The van der Waals surface area contributed by atoms with E-state index in [1.807, 2.05) is 0 Å². The first-order valence-corrected chi connectivity index (χ1v) is 4.60. The van der Waals surface area contributed by atoms with Gasteiger partial charge in [0.15, 0.2) is 0 Å². The van der Waals surface area contributed by atoms with Gasteiger partial charge in [0.25, 0.3) is 0 Å². The highest BCUT2D eigenvalue weighted by Gasteiger charge is 2.29. The van der Waals surface area contributed by atoms with Gasteiger partial charge >= 0.3 is 0 Å². The lowest BCUT2D eigenvalue weighted by atomic mass is 9.71. The van der Waals surface area contributed by atoms with Gasteiger partial charge < -0.3 is 11.5 Å². The Morgan fingerprint density at radius 2 is 2.18 bits per heavy atom. The number of rotatable bonds is 2. The Morgan fingerprint density at radius 3 is 2.73 bits per heavy atom. The van der Waals surface area contributed by atoms with Gasteiger partial charge in [-0.25, -0.2) is 0 Å². The number of nitrogens with two attached hydrogens (primary N) is 2. The van der Waals surface area contributed by atoms with Gasteiger partial charge in [-0.2, -0.15) is 0 Å². The quantitative estimate of drug-likeness (QED) is 0.629. The summed E-state index contributed by atoms with van der Waals surface area (Å²) in [4.78, 5) is 0. The molecule has 0 aromatic rings. The zero-order valence-electron chi connectivity index (χ0n) is 7.47. The molecule has 11 heavy (non-hydrogen) atoms. The molecule has 0 saturated heterocycles. The summed E-state index contributed by atoms with van der Waals surface area (Å²) < 4.78 is 0. The number of hydrogen-bond donors (Lipinski definition) is 2. The van der Waals surface area contributed by atoms with Crippen LogP contribution in [-0.2, 0) is 0 Å². The highest BCUT2D eigenvalue weighted by atomic mass is 14.6. The van der Waals surface area contributed by atoms with Crippen molar-refractivity contribution in [1.29, 1.82) is 0 Å². The summed E-state index contributed by atoms with van der Waals surface area (Å²) in [6.45, 7) is 3.95. The topological polar surface area (TPSA) is 52.0 Å². The second-order valence-electron chi connectivity index (χ2n) is 4.21. The Kier molecular flexibility index (Phi) is 2.90. The van der Waals surface area contributed by atoms with Crippen LogP contribution in [0.1, 0.15) is 32.6 Å².